The molecule has 0 fully saturated rings. The van der Waals surface area contributed by atoms with Gasteiger partial charge in [0.2, 0.25) is 47.3 Å². The molecule has 328 valence electrons. The fraction of sp³-hybridized carbons (Fsp3) is 0.633. The molecule has 0 aromatic rings. The molecule has 0 spiro atoms. The fourth-order valence-electron chi connectivity index (χ4n) is 4.25. The molecule has 0 aromatic carbocycles. The van der Waals surface area contributed by atoms with E-state index in [9.17, 15) is 53.4 Å². The summed E-state index contributed by atoms with van der Waals surface area (Å²) in [4.78, 5) is 120. The van der Waals surface area contributed by atoms with Gasteiger partial charge in [0.1, 0.15) is 30.2 Å². The summed E-state index contributed by atoms with van der Waals surface area (Å²) in [7, 11) is 0. The zero-order chi connectivity index (χ0) is 44.4. The number of amides is 8. The average molecular weight is 866 g/mol. The van der Waals surface area contributed by atoms with Crippen LogP contribution in [-0.4, -0.2) is 162 Å². The molecule has 58 heavy (non-hydrogen) atoms. The van der Waals surface area contributed by atoms with Crippen LogP contribution in [0.5, 0.6) is 0 Å². The fourth-order valence-corrected chi connectivity index (χ4v) is 4.67. The van der Waals surface area contributed by atoms with E-state index < -0.39 is 116 Å². The van der Waals surface area contributed by atoms with Crippen LogP contribution in [0.15, 0.2) is 9.98 Å². The highest BCUT2D eigenvalue weighted by Gasteiger charge is 2.29. The van der Waals surface area contributed by atoms with E-state index in [1.54, 1.807) is 0 Å². The number of aliphatic hydroxyl groups is 1. The molecule has 28 heteroatoms. The predicted molar refractivity (Wildman–Crippen MR) is 215 cm³/mol. The van der Waals surface area contributed by atoms with Crippen LogP contribution in [0, 0.1) is 0 Å². The van der Waals surface area contributed by atoms with Crippen LogP contribution in [0.25, 0.3) is 0 Å². The minimum Gasteiger partial charge on any atom is -0.480 e. The number of carboxylic acid groups (broad SMARTS) is 1. The number of carbonyl (C=O) groups excluding carboxylic acids is 8. The van der Waals surface area contributed by atoms with Crippen molar-refractivity contribution in [2.45, 2.75) is 68.9 Å². The van der Waals surface area contributed by atoms with E-state index in [1.165, 1.54) is 6.92 Å². The van der Waals surface area contributed by atoms with Crippen molar-refractivity contribution in [3.63, 3.8) is 0 Å². The first kappa shape index (κ1) is 52.4. The molecule has 0 saturated carbocycles. The van der Waals surface area contributed by atoms with Gasteiger partial charge >= 0.3 is 5.97 Å². The van der Waals surface area contributed by atoms with E-state index >= 15 is 0 Å². The largest absolute Gasteiger partial charge is 0.480 e. The number of nitrogens with two attached hydrogens (primary N) is 5. The molecule has 20 N–H and O–H groups in total. The number of hydrogen-bond donors (Lipinski definition) is 17. The third-order valence-electron chi connectivity index (χ3n) is 7.39. The van der Waals surface area contributed by atoms with Gasteiger partial charge in [0, 0.05) is 24.6 Å². The number of rotatable bonds is 28. The van der Waals surface area contributed by atoms with Crippen LogP contribution in [0.1, 0.15) is 32.6 Å². The van der Waals surface area contributed by atoms with E-state index in [0.717, 1.165) is 0 Å². The Kier molecular flexibility index (Phi) is 26.0. The lowest BCUT2D eigenvalue weighted by atomic mass is 10.1. The van der Waals surface area contributed by atoms with E-state index in [-0.39, 0.29) is 62.2 Å². The summed E-state index contributed by atoms with van der Waals surface area (Å²) in [6.45, 7) is -1.29. The maximum Gasteiger partial charge on any atom is 0.327 e. The molecule has 8 amide bonds. The Morgan fingerprint density at radius 1 is 0.569 bits per heavy atom. The molecular formula is C30H55N15O11S2. The number of nitrogens with zero attached hydrogens (tertiary/aromatic N) is 2. The second-order valence-corrected chi connectivity index (χ2v) is 12.9. The first-order valence-corrected chi connectivity index (χ1v) is 18.8. The average Bonchev–Trinajstić information content (AvgIpc) is 3.17. The molecule has 0 aliphatic rings. The van der Waals surface area contributed by atoms with Crippen molar-refractivity contribution >= 4 is 90.4 Å². The maximum atomic E-state index is 13.3. The third-order valence-corrected chi connectivity index (χ3v) is 8.15. The molecular weight excluding hydrogens is 811 g/mol. The summed E-state index contributed by atoms with van der Waals surface area (Å²) in [5.74, 6) is -8.78. The van der Waals surface area contributed by atoms with Crippen molar-refractivity contribution in [1.29, 1.82) is 0 Å². The van der Waals surface area contributed by atoms with E-state index in [2.05, 4.69) is 77.8 Å². The molecule has 0 heterocycles. The SMILES string of the molecule is C[C@H](NC(=O)[C@H](CCCN=C(N)N)NC(=O)CNC(=O)CNC(=O)CNC(=O)[C@H](CO)NC(=O)[C@@H](N)CS)C(=O)N[C@@H](CCCN=C(N)N)C(=O)N[C@@H](CS)C(=O)O. The minimum absolute atomic E-state index is 0.0253. The second-order valence-electron chi connectivity index (χ2n) is 12.2. The van der Waals surface area contributed by atoms with Gasteiger partial charge in [-0.15, -0.1) is 0 Å². The number of carbonyl (C=O) groups is 9. The smallest absolute Gasteiger partial charge is 0.327 e. The summed E-state index contributed by atoms with van der Waals surface area (Å²) in [5.41, 5.74) is 26.8. The lowest BCUT2D eigenvalue weighted by Crippen LogP contribution is -2.57. The van der Waals surface area contributed by atoms with Crippen LogP contribution in [0.3, 0.4) is 0 Å². The summed E-state index contributed by atoms with van der Waals surface area (Å²) in [6.07, 6.45) is 0.302. The van der Waals surface area contributed by atoms with Crippen LogP contribution >= 0.6 is 25.3 Å². The number of carboxylic acids is 1. The van der Waals surface area contributed by atoms with Crippen molar-refractivity contribution in [2.24, 2.45) is 38.7 Å². The standard InChI is InChI=1S/C30H55N15O11S2/c1-14(23(50)43-17(5-3-7-37-30(34)35)27(54)45-19(13-58)28(55)56)41-26(53)16(4-2-6-36-29(32)33)42-22(49)10-39-20(47)8-38-21(48)9-40-25(52)18(11-46)44-24(51)15(31)12-57/h14-19,46,57-58H,2-13,31H2,1H3,(H,38,48)(H,39,47)(H,40,52)(H,41,53)(H,42,49)(H,43,50)(H,44,51)(H,45,54)(H,55,56)(H4,32,33,36)(H4,34,35,37)/t14-,15-,16-,17-,18-,19-/m0/s1. The van der Waals surface area contributed by atoms with Gasteiger partial charge in [-0.3, -0.25) is 48.3 Å². The zero-order valence-corrected chi connectivity index (χ0v) is 33.5. The molecule has 0 bridgehead atoms. The van der Waals surface area contributed by atoms with Crippen molar-refractivity contribution in [2.75, 3.05) is 50.8 Å². The Morgan fingerprint density at radius 3 is 1.48 bits per heavy atom. The highest BCUT2D eigenvalue weighted by atomic mass is 32.1. The summed E-state index contributed by atoms with van der Waals surface area (Å²) in [5, 5.41) is 37.0. The molecule has 0 aromatic heterocycles. The molecule has 0 aliphatic carbocycles. The van der Waals surface area contributed by atoms with Crippen molar-refractivity contribution < 1.29 is 53.4 Å². The van der Waals surface area contributed by atoms with Gasteiger partial charge in [-0.25, -0.2) is 4.79 Å². The number of aliphatic carboxylic acids is 1. The van der Waals surface area contributed by atoms with E-state index in [4.69, 9.17) is 28.7 Å². The monoisotopic (exact) mass is 865 g/mol. The first-order chi connectivity index (χ1) is 27.2. The molecule has 6 atom stereocenters. The Hall–Kier alpha value is -5.61. The number of hydrogen-bond acceptors (Lipinski definition) is 15. The topological polar surface area (TPSA) is 445 Å². The highest BCUT2D eigenvalue weighted by Crippen LogP contribution is 2.04. The Bertz CT molecular complexity index is 1500. The van der Waals surface area contributed by atoms with Gasteiger partial charge in [-0.05, 0) is 32.6 Å². The lowest BCUT2D eigenvalue weighted by Gasteiger charge is -2.24. The number of aliphatic hydroxyl groups excluding tert-OH is 1. The number of guanidine groups is 2. The van der Waals surface area contributed by atoms with Gasteiger partial charge in [-0.1, -0.05) is 0 Å². The van der Waals surface area contributed by atoms with Gasteiger partial charge in [0.05, 0.1) is 32.3 Å². The van der Waals surface area contributed by atoms with Gasteiger partial charge in [0.15, 0.2) is 11.9 Å². The molecule has 0 radical (unpaired) electrons. The predicted octanol–water partition coefficient (Wildman–Crippen LogP) is -8.85. The second kappa shape index (κ2) is 28.7. The van der Waals surface area contributed by atoms with Gasteiger partial charge in [0.25, 0.3) is 0 Å². The van der Waals surface area contributed by atoms with Crippen LogP contribution in [0.4, 0.5) is 0 Å². The van der Waals surface area contributed by atoms with Crippen molar-refractivity contribution in [3.05, 3.63) is 0 Å². The van der Waals surface area contributed by atoms with Crippen molar-refractivity contribution in [3.8, 4) is 0 Å². The molecule has 0 unspecified atom stereocenters. The molecule has 0 rings (SSSR count). The lowest BCUT2D eigenvalue weighted by molar-refractivity contribution is -0.141. The van der Waals surface area contributed by atoms with E-state index in [0.29, 0.717) is 0 Å². The quantitative estimate of drug-likeness (QED) is 0.0150. The number of aliphatic imine (C=N–C) groups is 2. The van der Waals surface area contributed by atoms with Crippen LogP contribution in [-0.2, 0) is 43.2 Å². The summed E-state index contributed by atoms with van der Waals surface area (Å²) >= 11 is 7.78. The Morgan fingerprint density at radius 2 is 1.02 bits per heavy atom. The first-order valence-electron chi connectivity index (χ1n) is 17.5. The third kappa shape index (κ3) is 22.8. The van der Waals surface area contributed by atoms with Gasteiger partial charge in [-0.2, -0.15) is 25.3 Å². The highest BCUT2D eigenvalue weighted by molar-refractivity contribution is 7.80. The van der Waals surface area contributed by atoms with Gasteiger partial charge < -0.3 is 81.4 Å². The maximum absolute atomic E-state index is 13.3. The summed E-state index contributed by atoms with van der Waals surface area (Å²) in [6, 6.07) is -7.67. The molecule has 0 saturated heterocycles. The molecule has 26 nitrogen and oxygen atoms in total. The number of thiol groups is 2. The Balaban J connectivity index is 5.38. The zero-order valence-electron chi connectivity index (χ0n) is 31.7. The molecule has 0 aliphatic heterocycles. The van der Waals surface area contributed by atoms with Crippen LogP contribution < -0.4 is 71.2 Å². The normalized spacial score (nSPS) is 13.6. The number of nitrogens with one attached hydrogen (secondary N) is 8. The Labute approximate surface area is 344 Å². The van der Waals surface area contributed by atoms with Crippen molar-refractivity contribution in [1.82, 2.24) is 42.5 Å². The van der Waals surface area contributed by atoms with Crippen LogP contribution in [0.2, 0.25) is 0 Å². The summed E-state index contributed by atoms with van der Waals surface area (Å²) < 4.78 is 0. The minimum atomic E-state index is -1.41. The van der Waals surface area contributed by atoms with E-state index in [1.807, 2.05) is 0 Å².